The van der Waals surface area contributed by atoms with Crippen LogP contribution < -0.4 is 0 Å². The maximum atomic E-state index is 11.0. The van der Waals surface area contributed by atoms with Gasteiger partial charge in [0.15, 0.2) is 0 Å². The number of fused-ring (bicyclic) bond motifs is 1. The molecule has 78 valence electrons. The van der Waals surface area contributed by atoms with E-state index in [4.69, 9.17) is 16.7 Å². The van der Waals surface area contributed by atoms with Gasteiger partial charge in [-0.1, -0.05) is 41.9 Å². The number of hydrogen-bond donors (Lipinski definition) is 1. The second-order valence-electron chi connectivity index (χ2n) is 2.95. The molecule has 2 rings (SSSR count). The van der Waals surface area contributed by atoms with E-state index >= 15 is 0 Å². The number of carboxylic acid groups (broad SMARTS) is 1. The number of carbonyl (C=O) groups is 1. The minimum atomic E-state index is -0.994. The van der Waals surface area contributed by atoms with Crippen LogP contribution in [0, 0.1) is 0 Å². The molecule has 0 saturated carbocycles. The Bertz CT molecular complexity index is 509. The van der Waals surface area contributed by atoms with Crippen LogP contribution >= 0.6 is 24.0 Å². The summed E-state index contributed by atoms with van der Waals surface area (Å²) in [5.74, 6) is -0.994. The lowest BCUT2D eigenvalue weighted by molar-refractivity contribution is 0.0699. The van der Waals surface area contributed by atoms with E-state index in [1.54, 1.807) is 18.2 Å². The highest BCUT2D eigenvalue weighted by Gasteiger charge is 2.12. The van der Waals surface area contributed by atoms with Crippen molar-refractivity contribution in [1.82, 2.24) is 0 Å². The molecule has 2 nitrogen and oxygen atoms in total. The second-order valence-corrected chi connectivity index (χ2v) is 3.36. The van der Waals surface area contributed by atoms with Crippen LogP contribution in [0.25, 0.3) is 10.8 Å². The van der Waals surface area contributed by atoms with Crippen LogP contribution in [0.2, 0.25) is 5.02 Å². The molecular formula is C11H8Cl2O2. The first kappa shape index (κ1) is 11.8. The van der Waals surface area contributed by atoms with Crippen molar-refractivity contribution in [3.8, 4) is 0 Å². The van der Waals surface area contributed by atoms with Crippen LogP contribution in [0.4, 0.5) is 0 Å². The number of carboxylic acids is 1. The number of rotatable bonds is 1. The third kappa shape index (κ3) is 2.06. The Morgan fingerprint density at radius 3 is 2.47 bits per heavy atom. The van der Waals surface area contributed by atoms with Crippen LogP contribution in [0.1, 0.15) is 10.4 Å². The lowest BCUT2D eigenvalue weighted by Gasteiger charge is -2.03. The molecular weight excluding hydrogens is 235 g/mol. The van der Waals surface area contributed by atoms with E-state index in [0.717, 1.165) is 5.39 Å². The standard InChI is InChI=1S/C11H7ClO2.ClH/c12-9-6-5-7-3-1-2-4-8(7)10(9)11(13)14;/h1-6H,(H,13,14);1H. The average molecular weight is 243 g/mol. The first-order valence-corrected chi connectivity index (χ1v) is 4.48. The maximum absolute atomic E-state index is 11.0. The van der Waals surface area contributed by atoms with E-state index in [-0.39, 0.29) is 23.0 Å². The average Bonchev–Trinajstić information content (AvgIpc) is 2.17. The van der Waals surface area contributed by atoms with E-state index in [2.05, 4.69) is 0 Å². The van der Waals surface area contributed by atoms with E-state index < -0.39 is 5.97 Å². The highest BCUT2D eigenvalue weighted by Crippen LogP contribution is 2.25. The zero-order valence-corrected chi connectivity index (χ0v) is 9.18. The maximum Gasteiger partial charge on any atom is 0.337 e. The number of benzene rings is 2. The van der Waals surface area contributed by atoms with E-state index in [9.17, 15) is 4.79 Å². The zero-order valence-electron chi connectivity index (χ0n) is 7.61. The SMILES string of the molecule is Cl.O=C(O)c1c(Cl)ccc2ccccc12. The monoisotopic (exact) mass is 242 g/mol. The predicted molar refractivity (Wildman–Crippen MR) is 63.2 cm³/mol. The number of halogens is 2. The van der Waals surface area contributed by atoms with Crippen molar-refractivity contribution in [1.29, 1.82) is 0 Å². The summed E-state index contributed by atoms with van der Waals surface area (Å²) in [5, 5.41) is 10.8. The van der Waals surface area contributed by atoms with Gasteiger partial charge < -0.3 is 5.11 Å². The summed E-state index contributed by atoms with van der Waals surface area (Å²) in [6, 6.07) is 10.7. The van der Waals surface area contributed by atoms with Gasteiger partial charge in [-0.3, -0.25) is 0 Å². The summed E-state index contributed by atoms with van der Waals surface area (Å²) >= 11 is 5.82. The van der Waals surface area contributed by atoms with Gasteiger partial charge in [-0.15, -0.1) is 12.4 Å². The van der Waals surface area contributed by atoms with Gasteiger partial charge in [0.05, 0.1) is 10.6 Å². The Morgan fingerprint density at radius 1 is 1.13 bits per heavy atom. The van der Waals surface area contributed by atoms with Gasteiger partial charge >= 0.3 is 5.97 Å². The topological polar surface area (TPSA) is 37.3 Å². The van der Waals surface area contributed by atoms with Crippen molar-refractivity contribution >= 4 is 40.7 Å². The van der Waals surface area contributed by atoms with E-state index in [1.165, 1.54) is 0 Å². The lowest BCUT2D eigenvalue weighted by atomic mass is 10.0. The smallest absolute Gasteiger partial charge is 0.337 e. The molecule has 4 heteroatoms. The Labute approximate surface area is 97.9 Å². The Kier molecular flexibility index (Phi) is 3.56. The summed E-state index contributed by atoms with van der Waals surface area (Å²) in [6.45, 7) is 0. The predicted octanol–water partition coefficient (Wildman–Crippen LogP) is 3.61. The molecule has 0 heterocycles. The Balaban J connectivity index is 0.00000112. The quantitative estimate of drug-likeness (QED) is 0.830. The van der Waals surface area contributed by atoms with E-state index in [1.807, 2.05) is 18.2 Å². The highest BCUT2D eigenvalue weighted by atomic mass is 35.5. The molecule has 0 saturated heterocycles. The van der Waals surface area contributed by atoms with Gasteiger partial charge in [-0.05, 0) is 16.8 Å². The van der Waals surface area contributed by atoms with Gasteiger partial charge in [-0.25, -0.2) is 4.79 Å². The fourth-order valence-electron chi connectivity index (χ4n) is 1.46. The van der Waals surface area contributed by atoms with Crippen LogP contribution in [0.5, 0.6) is 0 Å². The van der Waals surface area contributed by atoms with Crippen LogP contribution in [-0.2, 0) is 0 Å². The number of aromatic carboxylic acids is 1. The molecule has 1 N–H and O–H groups in total. The van der Waals surface area contributed by atoms with Crippen molar-refractivity contribution in [3.63, 3.8) is 0 Å². The normalized spacial score (nSPS) is 9.67. The summed E-state index contributed by atoms with van der Waals surface area (Å²) < 4.78 is 0. The lowest BCUT2D eigenvalue weighted by Crippen LogP contribution is -1.98. The molecule has 0 aromatic heterocycles. The van der Waals surface area contributed by atoms with Gasteiger partial charge in [0.25, 0.3) is 0 Å². The molecule has 0 atom stereocenters. The first-order valence-electron chi connectivity index (χ1n) is 4.10. The van der Waals surface area contributed by atoms with Gasteiger partial charge in [0.2, 0.25) is 0 Å². The summed E-state index contributed by atoms with van der Waals surface area (Å²) in [6.07, 6.45) is 0. The first-order chi connectivity index (χ1) is 6.70. The molecule has 0 aliphatic heterocycles. The Morgan fingerprint density at radius 2 is 1.80 bits per heavy atom. The summed E-state index contributed by atoms with van der Waals surface area (Å²) in [7, 11) is 0. The van der Waals surface area contributed by atoms with Gasteiger partial charge in [0, 0.05) is 0 Å². The minimum Gasteiger partial charge on any atom is -0.478 e. The molecule has 0 bridgehead atoms. The van der Waals surface area contributed by atoms with E-state index in [0.29, 0.717) is 5.39 Å². The molecule has 0 aliphatic rings. The molecule has 0 spiro atoms. The van der Waals surface area contributed by atoms with Crippen LogP contribution in [-0.4, -0.2) is 11.1 Å². The van der Waals surface area contributed by atoms with Crippen LogP contribution in [0.3, 0.4) is 0 Å². The summed E-state index contributed by atoms with van der Waals surface area (Å²) in [5.41, 5.74) is 0.171. The molecule has 0 radical (unpaired) electrons. The number of hydrogen-bond acceptors (Lipinski definition) is 1. The minimum absolute atomic E-state index is 0. The Hall–Kier alpha value is -1.25. The molecule has 15 heavy (non-hydrogen) atoms. The van der Waals surface area contributed by atoms with Crippen molar-refractivity contribution in [3.05, 3.63) is 47.0 Å². The van der Waals surface area contributed by atoms with Crippen molar-refractivity contribution in [2.45, 2.75) is 0 Å². The molecule has 0 amide bonds. The zero-order chi connectivity index (χ0) is 10.1. The second kappa shape index (κ2) is 4.51. The highest BCUT2D eigenvalue weighted by molar-refractivity contribution is 6.35. The van der Waals surface area contributed by atoms with Crippen molar-refractivity contribution < 1.29 is 9.90 Å². The van der Waals surface area contributed by atoms with Gasteiger partial charge in [0.1, 0.15) is 0 Å². The molecule has 0 fully saturated rings. The fourth-order valence-corrected chi connectivity index (χ4v) is 1.71. The summed E-state index contributed by atoms with van der Waals surface area (Å²) in [4.78, 5) is 11.0. The van der Waals surface area contributed by atoms with Crippen molar-refractivity contribution in [2.75, 3.05) is 0 Å². The third-order valence-electron chi connectivity index (χ3n) is 2.09. The molecule has 0 aliphatic carbocycles. The van der Waals surface area contributed by atoms with Crippen LogP contribution in [0.15, 0.2) is 36.4 Å². The fraction of sp³-hybridized carbons (Fsp3) is 0. The van der Waals surface area contributed by atoms with Crippen molar-refractivity contribution in [2.24, 2.45) is 0 Å². The van der Waals surface area contributed by atoms with Gasteiger partial charge in [-0.2, -0.15) is 0 Å². The third-order valence-corrected chi connectivity index (χ3v) is 2.41. The molecule has 2 aromatic rings. The largest absolute Gasteiger partial charge is 0.478 e. The molecule has 0 unspecified atom stereocenters. The molecule has 2 aromatic carbocycles.